The molecule has 178 valence electrons. The highest BCUT2D eigenvalue weighted by Crippen LogP contribution is 2.39. The molecule has 0 N–H and O–H groups in total. The molecule has 1 heterocycles. The van der Waals surface area contributed by atoms with E-state index in [1.165, 1.54) is 21.1 Å². The highest BCUT2D eigenvalue weighted by Gasteiger charge is 2.15. The Morgan fingerprint density at radius 1 is 0.914 bits per heavy atom. The fourth-order valence-electron chi connectivity index (χ4n) is 3.51. The molecule has 1 aromatic heterocycles. The summed E-state index contributed by atoms with van der Waals surface area (Å²) in [5.74, 6) is 1.26. The van der Waals surface area contributed by atoms with Crippen LogP contribution in [-0.2, 0) is 11.4 Å². The Labute approximate surface area is 208 Å². The smallest absolute Gasteiger partial charge is 0.308 e. The highest BCUT2D eigenvalue weighted by molar-refractivity contribution is 6.30. The summed E-state index contributed by atoms with van der Waals surface area (Å²) in [5, 5.41) is 1.66. The van der Waals surface area contributed by atoms with Gasteiger partial charge in [-0.25, -0.2) is 4.98 Å². The van der Waals surface area contributed by atoms with Gasteiger partial charge in [-0.2, -0.15) is 0 Å². The molecule has 0 atom stereocenters. The molecule has 3 aromatic carbocycles. The Balaban J connectivity index is 1.60. The number of hydrogen-bond donors (Lipinski definition) is 0. The zero-order chi connectivity index (χ0) is 24.8. The SMILES string of the molecule is COc1cc(/C=C/c2ccc3cccc(OCc4ccc(Cl)cc4)c3n2)cc(OC)c1OC(C)=O. The number of esters is 1. The molecule has 0 radical (unpaired) electrons. The number of rotatable bonds is 8. The van der Waals surface area contributed by atoms with Gasteiger partial charge in [0.2, 0.25) is 5.75 Å². The summed E-state index contributed by atoms with van der Waals surface area (Å²) < 4.78 is 22.1. The summed E-state index contributed by atoms with van der Waals surface area (Å²) >= 11 is 5.97. The maximum Gasteiger partial charge on any atom is 0.308 e. The van der Waals surface area contributed by atoms with Crippen molar-refractivity contribution in [2.45, 2.75) is 13.5 Å². The molecule has 0 aliphatic rings. The number of nitrogens with zero attached hydrogens (tertiary/aromatic N) is 1. The highest BCUT2D eigenvalue weighted by atomic mass is 35.5. The molecule has 0 saturated carbocycles. The lowest BCUT2D eigenvalue weighted by atomic mass is 10.1. The van der Waals surface area contributed by atoms with Gasteiger partial charge in [-0.05, 0) is 53.6 Å². The van der Waals surface area contributed by atoms with E-state index in [2.05, 4.69) is 0 Å². The van der Waals surface area contributed by atoms with E-state index in [0.717, 1.165) is 27.7 Å². The lowest BCUT2D eigenvalue weighted by molar-refractivity contribution is -0.132. The van der Waals surface area contributed by atoms with Crippen molar-refractivity contribution in [3.8, 4) is 23.0 Å². The molecule has 4 rings (SSSR count). The minimum atomic E-state index is -0.459. The molecule has 0 aliphatic heterocycles. The van der Waals surface area contributed by atoms with Crippen LogP contribution in [0.5, 0.6) is 23.0 Å². The third kappa shape index (κ3) is 5.91. The molecule has 4 aromatic rings. The molecule has 0 unspecified atom stereocenters. The number of halogens is 1. The summed E-state index contributed by atoms with van der Waals surface area (Å²) in [6.07, 6.45) is 3.77. The molecule has 0 amide bonds. The van der Waals surface area contributed by atoms with Crippen LogP contribution in [0.25, 0.3) is 23.1 Å². The summed E-state index contributed by atoms with van der Waals surface area (Å²) in [5.41, 5.74) is 3.33. The van der Waals surface area contributed by atoms with Gasteiger partial charge in [-0.1, -0.05) is 48.0 Å². The Morgan fingerprint density at radius 2 is 1.63 bits per heavy atom. The fraction of sp³-hybridized carbons (Fsp3) is 0.143. The molecule has 35 heavy (non-hydrogen) atoms. The normalized spacial score (nSPS) is 11.0. The van der Waals surface area contributed by atoms with E-state index in [4.69, 9.17) is 35.5 Å². The van der Waals surface area contributed by atoms with Gasteiger partial charge in [-0.15, -0.1) is 0 Å². The number of hydrogen-bond acceptors (Lipinski definition) is 6. The average molecular weight is 490 g/mol. The first-order valence-corrected chi connectivity index (χ1v) is 11.2. The predicted octanol–water partition coefficient (Wildman–Crippen LogP) is 6.58. The quantitative estimate of drug-likeness (QED) is 0.206. The molecule has 7 heteroatoms. The number of carbonyl (C=O) groups is 1. The third-order valence-electron chi connectivity index (χ3n) is 5.19. The van der Waals surface area contributed by atoms with E-state index in [0.29, 0.717) is 28.9 Å². The van der Waals surface area contributed by atoms with Gasteiger partial charge in [0.25, 0.3) is 0 Å². The Bertz CT molecular complexity index is 1360. The monoisotopic (exact) mass is 489 g/mol. The number of ether oxygens (including phenoxy) is 4. The number of para-hydroxylation sites is 1. The number of aromatic nitrogens is 1. The summed E-state index contributed by atoms with van der Waals surface area (Å²) in [7, 11) is 3.01. The summed E-state index contributed by atoms with van der Waals surface area (Å²) in [6.45, 7) is 1.73. The van der Waals surface area contributed by atoms with Crippen LogP contribution in [0.1, 0.15) is 23.7 Å². The first-order chi connectivity index (χ1) is 17.0. The van der Waals surface area contributed by atoms with Crippen molar-refractivity contribution >= 4 is 40.6 Å². The van der Waals surface area contributed by atoms with Gasteiger partial charge in [0.05, 0.1) is 19.9 Å². The van der Waals surface area contributed by atoms with Crippen LogP contribution in [0.4, 0.5) is 0 Å². The van der Waals surface area contributed by atoms with Crippen molar-refractivity contribution in [2.75, 3.05) is 14.2 Å². The molecule has 0 fully saturated rings. The Kier molecular flexibility index (Phi) is 7.53. The van der Waals surface area contributed by atoms with Crippen LogP contribution in [0, 0.1) is 0 Å². The molecule has 0 aliphatic carbocycles. The first kappa shape index (κ1) is 24.1. The third-order valence-corrected chi connectivity index (χ3v) is 5.44. The number of methoxy groups -OCH3 is 2. The van der Waals surface area contributed by atoms with Gasteiger partial charge < -0.3 is 18.9 Å². The lowest BCUT2D eigenvalue weighted by Crippen LogP contribution is -2.05. The van der Waals surface area contributed by atoms with Crippen molar-refractivity contribution in [1.82, 2.24) is 4.98 Å². The minimum Gasteiger partial charge on any atom is -0.493 e. The number of benzene rings is 3. The second kappa shape index (κ2) is 10.9. The maximum atomic E-state index is 11.4. The van der Waals surface area contributed by atoms with Gasteiger partial charge >= 0.3 is 5.97 Å². The van der Waals surface area contributed by atoms with E-state index < -0.39 is 5.97 Å². The topological polar surface area (TPSA) is 66.9 Å². The Morgan fingerprint density at radius 3 is 2.29 bits per heavy atom. The molecule has 0 spiro atoms. The van der Waals surface area contributed by atoms with Crippen LogP contribution < -0.4 is 18.9 Å². The molecular weight excluding hydrogens is 466 g/mol. The van der Waals surface area contributed by atoms with E-state index in [9.17, 15) is 4.79 Å². The van der Waals surface area contributed by atoms with Gasteiger partial charge in [0, 0.05) is 17.3 Å². The second-order valence-corrected chi connectivity index (χ2v) is 8.10. The molecule has 0 saturated heterocycles. The van der Waals surface area contributed by atoms with Crippen LogP contribution in [0.3, 0.4) is 0 Å². The maximum absolute atomic E-state index is 11.4. The van der Waals surface area contributed by atoms with E-state index in [1.54, 1.807) is 12.1 Å². The van der Waals surface area contributed by atoms with E-state index in [-0.39, 0.29) is 5.75 Å². The minimum absolute atomic E-state index is 0.242. The zero-order valence-corrected chi connectivity index (χ0v) is 20.3. The van der Waals surface area contributed by atoms with Crippen molar-refractivity contribution in [3.05, 3.63) is 88.6 Å². The Hall–Kier alpha value is -4.03. The fourth-order valence-corrected chi connectivity index (χ4v) is 3.63. The van der Waals surface area contributed by atoms with Crippen molar-refractivity contribution < 1.29 is 23.7 Å². The average Bonchev–Trinajstić information content (AvgIpc) is 2.87. The zero-order valence-electron chi connectivity index (χ0n) is 19.6. The molecule has 0 bridgehead atoms. The largest absolute Gasteiger partial charge is 0.493 e. The van der Waals surface area contributed by atoms with E-state index in [1.807, 2.05) is 66.7 Å². The number of pyridine rings is 1. The van der Waals surface area contributed by atoms with Crippen molar-refractivity contribution in [1.29, 1.82) is 0 Å². The molecule has 6 nitrogen and oxygen atoms in total. The second-order valence-electron chi connectivity index (χ2n) is 7.66. The van der Waals surface area contributed by atoms with Gasteiger partial charge in [-0.3, -0.25) is 4.79 Å². The van der Waals surface area contributed by atoms with Gasteiger partial charge in [0.1, 0.15) is 17.9 Å². The lowest BCUT2D eigenvalue weighted by Gasteiger charge is -2.13. The number of fused-ring (bicyclic) bond motifs is 1. The van der Waals surface area contributed by atoms with Crippen molar-refractivity contribution in [3.63, 3.8) is 0 Å². The summed E-state index contributed by atoms with van der Waals surface area (Å²) in [6, 6.07) is 20.9. The van der Waals surface area contributed by atoms with Gasteiger partial charge in [0.15, 0.2) is 11.5 Å². The molecular formula is C28H24ClNO5. The van der Waals surface area contributed by atoms with Crippen LogP contribution in [0.15, 0.2) is 66.7 Å². The van der Waals surface area contributed by atoms with Crippen LogP contribution in [0.2, 0.25) is 5.02 Å². The van der Waals surface area contributed by atoms with Crippen molar-refractivity contribution in [2.24, 2.45) is 0 Å². The number of carbonyl (C=O) groups excluding carboxylic acids is 1. The van der Waals surface area contributed by atoms with Crippen LogP contribution in [-0.4, -0.2) is 25.2 Å². The standard InChI is InChI=1S/C28H24ClNO5/c1-18(31)35-28-25(32-2)15-20(16-26(28)33-3)9-13-23-14-10-21-5-4-6-24(27(21)30-23)34-17-19-7-11-22(29)12-8-19/h4-16H,17H2,1-3H3/b13-9+. The predicted molar refractivity (Wildman–Crippen MR) is 137 cm³/mol. The van der Waals surface area contributed by atoms with E-state index >= 15 is 0 Å². The summed E-state index contributed by atoms with van der Waals surface area (Å²) in [4.78, 5) is 16.2. The van der Waals surface area contributed by atoms with Crippen LogP contribution >= 0.6 is 11.6 Å². The first-order valence-electron chi connectivity index (χ1n) is 10.9.